The van der Waals surface area contributed by atoms with Crippen LogP contribution < -0.4 is 15.4 Å². The van der Waals surface area contributed by atoms with Gasteiger partial charge in [0.1, 0.15) is 17.7 Å². The number of halogens is 1. The molecule has 136 valence electrons. The Kier molecular flexibility index (Phi) is 7.31. The van der Waals surface area contributed by atoms with Crippen molar-refractivity contribution < 1.29 is 14.3 Å². The summed E-state index contributed by atoms with van der Waals surface area (Å²) in [6.45, 7) is 4.80. The number of allylic oxidation sites excluding steroid dienone is 1. The van der Waals surface area contributed by atoms with Crippen LogP contribution in [0.2, 0.25) is 0 Å². The van der Waals surface area contributed by atoms with Crippen LogP contribution in [0.3, 0.4) is 0 Å². The molecule has 0 spiro atoms. The minimum absolute atomic E-state index is 0.169. The Morgan fingerprint density at radius 2 is 2.00 bits per heavy atom. The quantitative estimate of drug-likeness (QED) is 0.626. The van der Waals surface area contributed by atoms with Gasteiger partial charge < -0.3 is 15.4 Å². The number of amides is 2. The van der Waals surface area contributed by atoms with E-state index in [0.717, 1.165) is 6.42 Å². The topological polar surface area (TPSA) is 67.4 Å². The summed E-state index contributed by atoms with van der Waals surface area (Å²) in [5.41, 5.74) is 0.484. The molecular weight excluding hydrogens is 340 g/mol. The van der Waals surface area contributed by atoms with Crippen molar-refractivity contribution in [2.24, 2.45) is 5.92 Å². The Hall–Kier alpha value is -2.01. The van der Waals surface area contributed by atoms with E-state index in [1.54, 1.807) is 24.3 Å². The van der Waals surface area contributed by atoms with Gasteiger partial charge in [0.25, 0.3) is 5.91 Å². The second-order valence-electron chi connectivity index (χ2n) is 6.53. The standard InChI is InChI=1S/C19H25ClN2O3/c1-13(2)11-14-12-21-18(23)15-7-3-4-9-17(15)25-10-6-5-8-16(20)19(24)22-14/h3-7,9,13-14,16H,8,10-12H2,1-2H3,(H,21,23)(H,22,24)/b6-5+/t14-,16?/m0/s1. The first kappa shape index (κ1) is 19.3. The second-order valence-corrected chi connectivity index (χ2v) is 7.05. The van der Waals surface area contributed by atoms with E-state index in [4.69, 9.17) is 16.3 Å². The molecule has 0 aromatic heterocycles. The van der Waals surface area contributed by atoms with Gasteiger partial charge in [-0.25, -0.2) is 0 Å². The van der Waals surface area contributed by atoms with Crippen LogP contribution in [-0.2, 0) is 4.79 Å². The van der Waals surface area contributed by atoms with Crippen LogP contribution in [-0.4, -0.2) is 36.4 Å². The van der Waals surface area contributed by atoms with Gasteiger partial charge in [-0.1, -0.05) is 38.1 Å². The molecular formula is C19H25ClN2O3. The fourth-order valence-corrected chi connectivity index (χ4v) is 2.84. The van der Waals surface area contributed by atoms with E-state index in [1.807, 2.05) is 12.1 Å². The van der Waals surface area contributed by atoms with Crippen molar-refractivity contribution in [2.45, 2.75) is 38.1 Å². The Morgan fingerprint density at radius 1 is 1.24 bits per heavy atom. The average molecular weight is 365 g/mol. The van der Waals surface area contributed by atoms with Crippen molar-refractivity contribution in [3.05, 3.63) is 42.0 Å². The maximum absolute atomic E-state index is 12.5. The molecule has 0 aliphatic carbocycles. The smallest absolute Gasteiger partial charge is 0.255 e. The number of benzene rings is 1. The van der Waals surface area contributed by atoms with Gasteiger partial charge in [-0.05, 0) is 30.9 Å². The van der Waals surface area contributed by atoms with Gasteiger partial charge in [-0.2, -0.15) is 0 Å². The molecule has 2 rings (SSSR count). The zero-order valence-electron chi connectivity index (χ0n) is 14.6. The molecule has 2 atom stereocenters. The first-order valence-corrected chi connectivity index (χ1v) is 9.00. The highest BCUT2D eigenvalue weighted by Gasteiger charge is 2.21. The van der Waals surface area contributed by atoms with Crippen molar-refractivity contribution >= 4 is 23.4 Å². The number of carbonyl (C=O) groups excluding carboxylic acids is 2. The number of hydrogen-bond acceptors (Lipinski definition) is 3. The molecule has 1 aliphatic heterocycles. The molecule has 1 aliphatic rings. The highest BCUT2D eigenvalue weighted by atomic mass is 35.5. The maximum atomic E-state index is 12.5. The maximum Gasteiger partial charge on any atom is 0.255 e. The Balaban J connectivity index is 2.20. The van der Waals surface area contributed by atoms with E-state index in [9.17, 15) is 9.59 Å². The van der Waals surface area contributed by atoms with E-state index >= 15 is 0 Å². The van der Waals surface area contributed by atoms with Crippen molar-refractivity contribution in [1.82, 2.24) is 10.6 Å². The van der Waals surface area contributed by atoms with Gasteiger partial charge >= 0.3 is 0 Å². The molecule has 2 amide bonds. The molecule has 1 heterocycles. The van der Waals surface area contributed by atoms with Crippen LogP contribution in [0.15, 0.2) is 36.4 Å². The van der Waals surface area contributed by atoms with Gasteiger partial charge in [0.15, 0.2) is 0 Å². The minimum Gasteiger partial charge on any atom is -0.489 e. The average Bonchev–Trinajstić information content (AvgIpc) is 2.58. The van der Waals surface area contributed by atoms with Crippen molar-refractivity contribution in [3.63, 3.8) is 0 Å². The number of para-hydroxylation sites is 1. The van der Waals surface area contributed by atoms with Gasteiger partial charge in [-0.15, -0.1) is 11.6 Å². The summed E-state index contributed by atoms with van der Waals surface area (Å²) in [4.78, 5) is 24.7. The molecule has 0 bridgehead atoms. The lowest BCUT2D eigenvalue weighted by Crippen LogP contribution is -2.46. The molecule has 6 heteroatoms. The molecule has 25 heavy (non-hydrogen) atoms. The molecule has 0 radical (unpaired) electrons. The third-order valence-corrected chi connectivity index (χ3v) is 4.25. The summed E-state index contributed by atoms with van der Waals surface area (Å²) in [7, 11) is 0. The number of nitrogens with one attached hydrogen (secondary N) is 2. The van der Waals surface area contributed by atoms with Crippen LogP contribution in [0, 0.1) is 5.92 Å². The number of ether oxygens (including phenoxy) is 1. The number of hydrogen-bond donors (Lipinski definition) is 2. The molecule has 0 saturated heterocycles. The third kappa shape index (κ3) is 6.09. The lowest BCUT2D eigenvalue weighted by atomic mass is 10.0. The van der Waals surface area contributed by atoms with Gasteiger partial charge in [0, 0.05) is 12.6 Å². The summed E-state index contributed by atoms with van der Waals surface area (Å²) in [5, 5.41) is 5.19. The van der Waals surface area contributed by atoms with Crippen molar-refractivity contribution in [1.29, 1.82) is 0 Å². The van der Waals surface area contributed by atoms with E-state index in [0.29, 0.717) is 36.8 Å². The normalized spacial score (nSPS) is 23.7. The molecule has 1 aromatic carbocycles. The summed E-state index contributed by atoms with van der Waals surface area (Å²) in [6, 6.07) is 6.96. The first-order valence-electron chi connectivity index (χ1n) is 8.57. The first-order chi connectivity index (χ1) is 12.0. The fourth-order valence-electron chi connectivity index (χ4n) is 2.67. The Morgan fingerprint density at radius 3 is 2.76 bits per heavy atom. The van der Waals surface area contributed by atoms with E-state index in [-0.39, 0.29) is 17.9 Å². The van der Waals surface area contributed by atoms with Crippen molar-refractivity contribution in [2.75, 3.05) is 13.2 Å². The number of alkyl halides is 1. The molecule has 0 saturated carbocycles. The number of carbonyl (C=O) groups is 2. The van der Waals surface area contributed by atoms with E-state index < -0.39 is 5.38 Å². The highest BCUT2D eigenvalue weighted by Crippen LogP contribution is 2.18. The number of fused-ring (bicyclic) bond motifs is 1. The van der Waals surface area contributed by atoms with E-state index in [2.05, 4.69) is 24.5 Å². The largest absolute Gasteiger partial charge is 0.489 e. The predicted octanol–water partition coefficient (Wildman–Crippen LogP) is 2.89. The monoisotopic (exact) mass is 364 g/mol. The lowest BCUT2D eigenvalue weighted by Gasteiger charge is -2.23. The molecule has 0 fully saturated rings. The van der Waals surface area contributed by atoms with Crippen LogP contribution in [0.4, 0.5) is 0 Å². The molecule has 5 nitrogen and oxygen atoms in total. The third-order valence-electron chi connectivity index (χ3n) is 3.87. The Labute approximate surface area is 153 Å². The van der Waals surface area contributed by atoms with Gasteiger partial charge in [0.2, 0.25) is 5.91 Å². The molecule has 1 unspecified atom stereocenters. The van der Waals surface area contributed by atoms with Crippen LogP contribution in [0.1, 0.15) is 37.0 Å². The lowest BCUT2D eigenvalue weighted by molar-refractivity contribution is -0.121. The van der Waals surface area contributed by atoms with Crippen LogP contribution in [0.25, 0.3) is 0 Å². The zero-order chi connectivity index (χ0) is 18.2. The van der Waals surface area contributed by atoms with Crippen LogP contribution >= 0.6 is 11.6 Å². The minimum atomic E-state index is -0.642. The zero-order valence-corrected chi connectivity index (χ0v) is 15.4. The second kappa shape index (κ2) is 9.47. The SMILES string of the molecule is CC(C)C[C@H]1CNC(=O)c2ccccc2OC/C=C/CC(Cl)C(=O)N1. The van der Waals surface area contributed by atoms with Gasteiger partial charge in [0.05, 0.1) is 5.56 Å². The predicted molar refractivity (Wildman–Crippen MR) is 99.1 cm³/mol. The molecule has 1 aromatic rings. The van der Waals surface area contributed by atoms with E-state index in [1.165, 1.54) is 0 Å². The van der Waals surface area contributed by atoms with Crippen molar-refractivity contribution in [3.8, 4) is 5.75 Å². The summed E-state index contributed by atoms with van der Waals surface area (Å²) in [5.74, 6) is 0.477. The van der Waals surface area contributed by atoms with Gasteiger partial charge in [-0.3, -0.25) is 9.59 Å². The fraction of sp³-hybridized carbons (Fsp3) is 0.474. The molecule has 2 N–H and O–H groups in total. The summed E-state index contributed by atoms with van der Waals surface area (Å²) >= 11 is 6.16. The van der Waals surface area contributed by atoms with Crippen LogP contribution in [0.5, 0.6) is 5.75 Å². The number of rotatable bonds is 2. The summed E-state index contributed by atoms with van der Waals surface area (Å²) in [6.07, 6.45) is 4.81. The Bertz CT molecular complexity index is 631. The summed E-state index contributed by atoms with van der Waals surface area (Å²) < 4.78 is 5.67. The highest BCUT2D eigenvalue weighted by molar-refractivity contribution is 6.30.